The fourth-order valence-corrected chi connectivity index (χ4v) is 1.63. The average molecular weight is 288 g/mol. The van der Waals surface area contributed by atoms with Gasteiger partial charge in [0.25, 0.3) is 5.69 Å². The number of nitrogens with two attached hydrogens (primary N) is 1. The maximum Gasteiger partial charge on any atom is 0.343 e. The van der Waals surface area contributed by atoms with E-state index in [2.05, 4.69) is 9.97 Å². The second kappa shape index (κ2) is 5.95. The molecule has 0 saturated heterocycles. The van der Waals surface area contributed by atoms with Crippen LogP contribution in [0.3, 0.4) is 0 Å². The molecule has 1 aromatic carbocycles. The number of non-ortho nitro benzene ring substituents is 1. The molecular weight excluding hydrogens is 276 g/mol. The van der Waals surface area contributed by atoms with Gasteiger partial charge in [0.1, 0.15) is 11.4 Å². The van der Waals surface area contributed by atoms with Gasteiger partial charge >= 0.3 is 5.97 Å². The summed E-state index contributed by atoms with van der Waals surface area (Å²) in [5.41, 5.74) is 6.32. The van der Waals surface area contributed by atoms with Crippen molar-refractivity contribution < 1.29 is 14.5 Å². The third-order valence-electron chi connectivity index (χ3n) is 2.65. The van der Waals surface area contributed by atoms with Crippen molar-refractivity contribution in [3.8, 4) is 11.4 Å². The van der Waals surface area contributed by atoms with E-state index in [9.17, 15) is 14.9 Å². The third-order valence-corrected chi connectivity index (χ3v) is 2.65. The number of nitrogens with zero attached hydrogens (tertiary/aromatic N) is 3. The van der Waals surface area contributed by atoms with Crippen LogP contribution in [0.1, 0.15) is 17.3 Å². The summed E-state index contributed by atoms with van der Waals surface area (Å²) in [6.45, 7) is 1.91. The second-order valence-corrected chi connectivity index (χ2v) is 4.02. The minimum Gasteiger partial charge on any atom is -0.462 e. The molecular formula is C13H12N4O4. The number of hydrogen-bond donors (Lipinski definition) is 1. The maximum atomic E-state index is 11.6. The quantitative estimate of drug-likeness (QED) is 0.517. The number of carbonyl (C=O) groups is 1. The molecule has 0 bridgehead atoms. The highest BCUT2D eigenvalue weighted by atomic mass is 16.6. The number of carbonyl (C=O) groups excluding carboxylic acids is 1. The summed E-state index contributed by atoms with van der Waals surface area (Å²) in [7, 11) is 0. The molecule has 108 valence electrons. The summed E-state index contributed by atoms with van der Waals surface area (Å²) < 4.78 is 4.82. The van der Waals surface area contributed by atoms with Gasteiger partial charge in [0.15, 0.2) is 5.82 Å². The first-order valence-corrected chi connectivity index (χ1v) is 6.07. The van der Waals surface area contributed by atoms with Crippen LogP contribution in [0.2, 0.25) is 0 Å². The van der Waals surface area contributed by atoms with Gasteiger partial charge in [-0.3, -0.25) is 10.1 Å². The topological polar surface area (TPSA) is 121 Å². The summed E-state index contributed by atoms with van der Waals surface area (Å²) in [4.78, 5) is 29.7. The number of aromatic nitrogens is 2. The molecule has 0 radical (unpaired) electrons. The number of nitro benzene ring substituents is 1. The lowest BCUT2D eigenvalue weighted by Gasteiger charge is -2.06. The Labute approximate surface area is 119 Å². The van der Waals surface area contributed by atoms with Gasteiger partial charge in [-0.1, -0.05) is 0 Å². The van der Waals surface area contributed by atoms with Gasteiger partial charge in [-0.15, -0.1) is 0 Å². The number of hydrogen-bond acceptors (Lipinski definition) is 7. The van der Waals surface area contributed by atoms with Crippen LogP contribution in [-0.2, 0) is 4.74 Å². The molecule has 0 aliphatic rings. The zero-order chi connectivity index (χ0) is 15.4. The zero-order valence-electron chi connectivity index (χ0n) is 11.1. The molecule has 2 rings (SSSR count). The van der Waals surface area contributed by atoms with E-state index in [4.69, 9.17) is 10.5 Å². The van der Waals surface area contributed by atoms with Crippen molar-refractivity contribution in [1.29, 1.82) is 0 Å². The number of nitro groups is 1. The van der Waals surface area contributed by atoms with E-state index in [0.717, 1.165) is 0 Å². The lowest BCUT2D eigenvalue weighted by molar-refractivity contribution is -0.384. The molecule has 0 fully saturated rings. The molecule has 0 aliphatic carbocycles. The average Bonchev–Trinajstić information content (AvgIpc) is 2.47. The number of anilines is 1. The van der Waals surface area contributed by atoms with E-state index < -0.39 is 10.9 Å². The summed E-state index contributed by atoms with van der Waals surface area (Å²) in [6, 6.07) is 5.70. The Morgan fingerprint density at radius 3 is 2.57 bits per heavy atom. The van der Waals surface area contributed by atoms with Gasteiger partial charge < -0.3 is 10.5 Å². The van der Waals surface area contributed by atoms with E-state index >= 15 is 0 Å². The number of esters is 1. The molecule has 8 nitrogen and oxygen atoms in total. The minimum atomic E-state index is -0.592. The smallest absolute Gasteiger partial charge is 0.343 e. The molecule has 0 spiro atoms. The molecule has 8 heteroatoms. The largest absolute Gasteiger partial charge is 0.462 e. The summed E-state index contributed by atoms with van der Waals surface area (Å²) >= 11 is 0. The first-order chi connectivity index (χ1) is 10.0. The molecule has 0 atom stereocenters. The van der Waals surface area contributed by atoms with Gasteiger partial charge in [0, 0.05) is 23.9 Å². The first-order valence-electron chi connectivity index (χ1n) is 6.07. The van der Waals surface area contributed by atoms with Crippen LogP contribution < -0.4 is 5.73 Å². The Kier molecular flexibility index (Phi) is 4.07. The Morgan fingerprint density at radius 1 is 1.38 bits per heavy atom. The van der Waals surface area contributed by atoms with Crippen LogP contribution in [-0.4, -0.2) is 27.5 Å². The predicted molar refractivity (Wildman–Crippen MR) is 74.5 cm³/mol. The normalized spacial score (nSPS) is 10.1. The Hall–Kier alpha value is -3.03. The van der Waals surface area contributed by atoms with E-state index in [1.165, 1.54) is 30.5 Å². The van der Waals surface area contributed by atoms with Crippen LogP contribution in [0.15, 0.2) is 30.5 Å². The highest BCUT2D eigenvalue weighted by molar-refractivity contribution is 5.94. The van der Waals surface area contributed by atoms with Gasteiger partial charge in [-0.25, -0.2) is 14.8 Å². The lowest BCUT2D eigenvalue weighted by Crippen LogP contribution is -2.10. The standard InChI is InChI=1S/C13H12N4O4/c1-2-21-13(18)10-7-15-12(16-11(10)14)8-3-5-9(6-4-8)17(19)20/h3-7H,2H2,1H3,(H2,14,15,16). The van der Waals surface area contributed by atoms with Crippen molar-refractivity contribution in [1.82, 2.24) is 9.97 Å². The molecule has 21 heavy (non-hydrogen) atoms. The van der Waals surface area contributed by atoms with E-state index in [1.54, 1.807) is 6.92 Å². The van der Waals surface area contributed by atoms with Crippen LogP contribution in [0.5, 0.6) is 0 Å². The monoisotopic (exact) mass is 288 g/mol. The van der Waals surface area contributed by atoms with E-state index in [0.29, 0.717) is 5.56 Å². The van der Waals surface area contributed by atoms with Gasteiger partial charge in [0.2, 0.25) is 0 Å². The molecule has 0 unspecified atom stereocenters. The van der Waals surface area contributed by atoms with Gasteiger partial charge in [-0.05, 0) is 19.1 Å². The number of nitrogen functional groups attached to an aromatic ring is 1. The Bertz CT molecular complexity index is 685. The van der Waals surface area contributed by atoms with Crippen molar-refractivity contribution in [3.05, 3.63) is 46.1 Å². The molecule has 2 N–H and O–H groups in total. The van der Waals surface area contributed by atoms with Crippen LogP contribution in [0.25, 0.3) is 11.4 Å². The van der Waals surface area contributed by atoms with Crippen molar-refractivity contribution >= 4 is 17.5 Å². The number of ether oxygens (including phenoxy) is 1. The molecule has 0 aliphatic heterocycles. The van der Waals surface area contributed by atoms with Crippen molar-refractivity contribution in [3.63, 3.8) is 0 Å². The summed E-state index contributed by atoms with van der Waals surface area (Å²) in [6.07, 6.45) is 1.27. The lowest BCUT2D eigenvalue weighted by atomic mass is 10.2. The fraction of sp³-hybridized carbons (Fsp3) is 0.154. The van der Waals surface area contributed by atoms with Crippen LogP contribution >= 0.6 is 0 Å². The molecule has 1 heterocycles. The molecule has 0 amide bonds. The van der Waals surface area contributed by atoms with Crippen molar-refractivity contribution in [2.45, 2.75) is 6.92 Å². The minimum absolute atomic E-state index is 0.00296. The van der Waals surface area contributed by atoms with Crippen molar-refractivity contribution in [2.75, 3.05) is 12.3 Å². The first kappa shape index (κ1) is 14.4. The zero-order valence-corrected chi connectivity index (χ0v) is 11.1. The SMILES string of the molecule is CCOC(=O)c1cnc(-c2ccc([N+](=O)[O-])cc2)nc1N. The molecule has 0 saturated carbocycles. The van der Waals surface area contributed by atoms with Crippen molar-refractivity contribution in [2.24, 2.45) is 0 Å². The van der Waals surface area contributed by atoms with Gasteiger partial charge in [0.05, 0.1) is 11.5 Å². The fourth-order valence-electron chi connectivity index (χ4n) is 1.63. The highest BCUT2D eigenvalue weighted by Crippen LogP contribution is 2.21. The number of benzene rings is 1. The Morgan fingerprint density at radius 2 is 2.05 bits per heavy atom. The van der Waals surface area contributed by atoms with E-state index in [1.807, 2.05) is 0 Å². The van der Waals surface area contributed by atoms with Gasteiger partial charge in [-0.2, -0.15) is 0 Å². The van der Waals surface area contributed by atoms with E-state index in [-0.39, 0.29) is 29.5 Å². The summed E-state index contributed by atoms with van der Waals surface area (Å²) in [5, 5.41) is 10.6. The van der Waals surface area contributed by atoms with Crippen LogP contribution in [0.4, 0.5) is 11.5 Å². The van der Waals surface area contributed by atoms with Crippen LogP contribution in [0, 0.1) is 10.1 Å². The summed E-state index contributed by atoms with van der Waals surface area (Å²) in [5.74, 6) is -0.322. The molecule has 2 aromatic rings. The third kappa shape index (κ3) is 3.11. The second-order valence-electron chi connectivity index (χ2n) is 4.02. The maximum absolute atomic E-state index is 11.6. The number of rotatable bonds is 4. The predicted octanol–water partition coefficient (Wildman–Crippen LogP) is 1.81. The highest BCUT2D eigenvalue weighted by Gasteiger charge is 2.14. The molecule has 1 aromatic heterocycles. The Balaban J connectivity index is 2.31.